The molecule has 0 spiro atoms. The highest BCUT2D eigenvalue weighted by Gasteiger charge is 2.53. The zero-order valence-electron chi connectivity index (χ0n) is 22.4. The first kappa shape index (κ1) is 33.4. The summed E-state index contributed by atoms with van der Waals surface area (Å²) < 4.78 is 41.9. The standard InChI is InChI=1S/C25H40FN3O13/c26-10-3-1-9(2-4-10)5-29-16-20(36)22(41-24-15(28)18(34)17(33)11(6-30)39-24)13(8-32)40-25(16)42-21-12(7-31)38-23(37)14(27)19(21)35/h1-4,11-25,29-37H,5-8,27-28H2/t11-,12-,13-,14-,15-,16-,17-,18-,19-,20-,21?,22?,23-,24+,25+/m1/s1. The highest BCUT2D eigenvalue weighted by atomic mass is 19.1. The largest absolute Gasteiger partial charge is 0.394 e. The summed E-state index contributed by atoms with van der Waals surface area (Å²) in [4.78, 5) is 0. The molecule has 13 N–H and O–H groups in total. The third-order valence-corrected chi connectivity index (χ3v) is 7.74. The fourth-order valence-corrected chi connectivity index (χ4v) is 5.21. The molecular weight excluding hydrogens is 569 g/mol. The first-order chi connectivity index (χ1) is 20.0. The van der Waals surface area contributed by atoms with E-state index < -0.39 is 118 Å². The number of aliphatic hydroxyl groups excluding tert-OH is 8. The molecule has 16 nitrogen and oxygen atoms in total. The van der Waals surface area contributed by atoms with Gasteiger partial charge in [0, 0.05) is 6.54 Å². The lowest BCUT2D eigenvalue weighted by molar-refractivity contribution is -0.350. The molecule has 15 atom stereocenters. The van der Waals surface area contributed by atoms with Crippen LogP contribution in [-0.2, 0) is 30.2 Å². The van der Waals surface area contributed by atoms with Gasteiger partial charge in [0.15, 0.2) is 18.9 Å². The Balaban J connectivity index is 1.58. The summed E-state index contributed by atoms with van der Waals surface area (Å²) in [7, 11) is 0. The second kappa shape index (κ2) is 14.5. The van der Waals surface area contributed by atoms with Gasteiger partial charge in [-0.15, -0.1) is 0 Å². The lowest BCUT2D eigenvalue weighted by atomic mass is 9.94. The molecule has 0 aromatic heterocycles. The third-order valence-electron chi connectivity index (χ3n) is 7.74. The molecule has 3 fully saturated rings. The predicted octanol–water partition coefficient (Wildman–Crippen LogP) is -5.70. The van der Waals surface area contributed by atoms with Crippen molar-refractivity contribution >= 4 is 0 Å². The SMILES string of the molecule is N[C@H]1[C@H](OC2[C@@H](CO)O[C@@H](OC3[C@@H](CO)O[C@@H](O)[C@H](N)[C@H]3O)[C@H](NCc3ccc(F)cc3)[C@H]2O)O[C@H](CO)[C@@H](O)[C@@H]1O. The zero-order chi connectivity index (χ0) is 30.7. The van der Waals surface area contributed by atoms with Gasteiger partial charge in [-0.25, -0.2) is 4.39 Å². The maximum Gasteiger partial charge on any atom is 0.176 e. The molecule has 2 unspecified atom stereocenters. The molecule has 17 heteroatoms. The van der Waals surface area contributed by atoms with Crippen molar-refractivity contribution in [3.8, 4) is 0 Å². The molecule has 4 rings (SSSR count). The minimum Gasteiger partial charge on any atom is -0.394 e. The summed E-state index contributed by atoms with van der Waals surface area (Å²) in [6, 6.07) is 1.64. The normalized spacial score (nSPS) is 44.7. The zero-order valence-corrected chi connectivity index (χ0v) is 22.4. The quantitative estimate of drug-likeness (QED) is 0.118. The second-order valence-corrected chi connectivity index (χ2v) is 10.6. The van der Waals surface area contributed by atoms with E-state index in [0.717, 1.165) is 0 Å². The van der Waals surface area contributed by atoms with Gasteiger partial charge in [-0.05, 0) is 17.7 Å². The highest BCUT2D eigenvalue weighted by molar-refractivity contribution is 5.16. The van der Waals surface area contributed by atoms with Crippen molar-refractivity contribution in [1.29, 1.82) is 0 Å². The van der Waals surface area contributed by atoms with Crippen molar-refractivity contribution in [2.45, 2.75) is 98.5 Å². The second-order valence-electron chi connectivity index (χ2n) is 10.6. The van der Waals surface area contributed by atoms with E-state index in [1.165, 1.54) is 24.3 Å². The van der Waals surface area contributed by atoms with Gasteiger partial charge >= 0.3 is 0 Å². The highest BCUT2D eigenvalue weighted by Crippen LogP contribution is 2.32. The Morgan fingerprint density at radius 1 is 0.690 bits per heavy atom. The lowest BCUT2D eigenvalue weighted by Gasteiger charge is -2.49. The van der Waals surface area contributed by atoms with Crippen LogP contribution in [0.25, 0.3) is 0 Å². The number of benzene rings is 1. The van der Waals surface area contributed by atoms with Gasteiger partial charge in [0.05, 0.1) is 37.9 Å². The number of halogens is 1. The summed E-state index contributed by atoms with van der Waals surface area (Å²) in [5.41, 5.74) is 12.4. The number of nitrogens with two attached hydrogens (primary N) is 2. The molecule has 0 aliphatic carbocycles. The van der Waals surface area contributed by atoms with Gasteiger partial charge in [0.2, 0.25) is 0 Å². The number of ether oxygens (including phenoxy) is 5. The van der Waals surface area contributed by atoms with Gasteiger partial charge in [0.1, 0.15) is 60.8 Å². The summed E-state index contributed by atoms with van der Waals surface area (Å²) in [6.07, 6.45) is -17.2. The van der Waals surface area contributed by atoms with E-state index in [0.29, 0.717) is 5.56 Å². The molecule has 3 saturated heterocycles. The van der Waals surface area contributed by atoms with E-state index in [2.05, 4.69) is 5.32 Å². The summed E-state index contributed by atoms with van der Waals surface area (Å²) in [5, 5.41) is 85.1. The Morgan fingerprint density at radius 2 is 1.24 bits per heavy atom. The number of hydrogen-bond acceptors (Lipinski definition) is 16. The van der Waals surface area contributed by atoms with E-state index in [1.807, 2.05) is 0 Å². The van der Waals surface area contributed by atoms with Gasteiger partial charge in [-0.2, -0.15) is 0 Å². The van der Waals surface area contributed by atoms with E-state index in [1.54, 1.807) is 0 Å². The molecule has 0 saturated carbocycles. The molecule has 0 bridgehead atoms. The fraction of sp³-hybridized carbons (Fsp3) is 0.760. The molecular formula is C25H40FN3O13. The van der Waals surface area contributed by atoms with E-state index >= 15 is 0 Å². The van der Waals surface area contributed by atoms with Gasteiger partial charge < -0.3 is 81.3 Å². The average Bonchev–Trinajstić information content (AvgIpc) is 2.98. The van der Waals surface area contributed by atoms with Crippen LogP contribution in [0.4, 0.5) is 4.39 Å². The van der Waals surface area contributed by atoms with Crippen LogP contribution >= 0.6 is 0 Å². The maximum atomic E-state index is 13.4. The molecule has 1 aromatic carbocycles. The van der Waals surface area contributed by atoms with Crippen LogP contribution in [0.2, 0.25) is 0 Å². The van der Waals surface area contributed by atoms with Gasteiger partial charge in [-0.3, -0.25) is 0 Å². The Labute approximate surface area is 240 Å². The van der Waals surface area contributed by atoms with E-state index in [9.17, 15) is 45.2 Å². The molecule has 3 aliphatic heterocycles. The number of rotatable bonds is 10. The number of nitrogens with one attached hydrogen (secondary N) is 1. The molecule has 0 radical (unpaired) electrons. The van der Waals surface area contributed by atoms with E-state index in [4.69, 9.17) is 35.2 Å². The van der Waals surface area contributed by atoms with Crippen LogP contribution in [0.5, 0.6) is 0 Å². The summed E-state index contributed by atoms with van der Waals surface area (Å²) in [5.74, 6) is -0.461. The van der Waals surface area contributed by atoms with Crippen LogP contribution in [0.3, 0.4) is 0 Å². The minimum absolute atomic E-state index is 0.0457. The Hall–Kier alpha value is -1.49. The molecule has 1 aromatic rings. The fourth-order valence-electron chi connectivity index (χ4n) is 5.21. The van der Waals surface area contributed by atoms with Crippen molar-refractivity contribution in [2.75, 3.05) is 19.8 Å². The number of hydrogen-bond donors (Lipinski definition) is 11. The molecule has 3 heterocycles. The van der Waals surface area contributed by atoms with Crippen molar-refractivity contribution < 1.29 is 68.9 Å². The first-order valence-electron chi connectivity index (χ1n) is 13.5. The van der Waals surface area contributed by atoms with E-state index in [-0.39, 0.29) is 6.54 Å². The average molecular weight is 610 g/mol. The Kier molecular flexibility index (Phi) is 11.6. The van der Waals surface area contributed by atoms with Crippen molar-refractivity contribution in [3.05, 3.63) is 35.6 Å². The minimum atomic E-state index is -1.60. The van der Waals surface area contributed by atoms with Gasteiger partial charge in [-0.1, -0.05) is 12.1 Å². The summed E-state index contributed by atoms with van der Waals surface area (Å²) >= 11 is 0. The lowest BCUT2D eigenvalue weighted by Crippen LogP contribution is -2.69. The first-order valence-corrected chi connectivity index (χ1v) is 13.5. The smallest absolute Gasteiger partial charge is 0.176 e. The molecule has 3 aliphatic rings. The summed E-state index contributed by atoms with van der Waals surface area (Å²) in [6.45, 7) is -2.04. The molecule has 42 heavy (non-hydrogen) atoms. The number of aliphatic hydroxyl groups is 8. The van der Waals surface area contributed by atoms with Crippen LogP contribution in [0, 0.1) is 5.82 Å². The van der Waals surface area contributed by atoms with Crippen LogP contribution in [0.15, 0.2) is 24.3 Å². The molecule has 0 amide bonds. The predicted molar refractivity (Wildman–Crippen MR) is 136 cm³/mol. The van der Waals surface area contributed by atoms with Crippen molar-refractivity contribution in [3.63, 3.8) is 0 Å². The van der Waals surface area contributed by atoms with Crippen LogP contribution in [-0.4, -0.2) is 153 Å². The Morgan fingerprint density at radius 3 is 1.86 bits per heavy atom. The topological polar surface area (TPSA) is 272 Å². The third kappa shape index (κ3) is 7.08. The Bertz CT molecular complexity index is 981. The monoisotopic (exact) mass is 609 g/mol. The van der Waals surface area contributed by atoms with Crippen LogP contribution in [0.1, 0.15) is 5.56 Å². The van der Waals surface area contributed by atoms with Crippen molar-refractivity contribution in [1.82, 2.24) is 5.32 Å². The van der Waals surface area contributed by atoms with Crippen molar-refractivity contribution in [2.24, 2.45) is 11.5 Å². The van der Waals surface area contributed by atoms with Gasteiger partial charge in [0.25, 0.3) is 0 Å². The van der Waals surface area contributed by atoms with Crippen LogP contribution < -0.4 is 16.8 Å². The maximum absolute atomic E-state index is 13.4. The molecule has 240 valence electrons.